The number of aromatic nitrogens is 1. The summed E-state index contributed by atoms with van der Waals surface area (Å²) in [7, 11) is -3.89. The van der Waals surface area contributed by atoms with Gasteiger partial charge in [-0.1, -0.05) is 39.3 Å². The average molecular weight is 420 g/mol. The molecule has 7 nitrogen and oxygen atoms in total. The maximum atomic E-state index is 12.9. The van der Waals surface area contributed by atoms with Crippen LogP contribution in [0.4, 0.5) is 11.5 Å². The van der Waals surface area contributed by atoms with Gasteiger partial charge in [0.25, 0.3) is 10.0 Å². The molecule has 2 rings (SSSR count). The minimum absolute atomic E-state index is 0.0758. The van der Waals surface area contributed by atoms with Gasteiger partial charge in [-0.25, -0.2) is 18.2 Å². The molecule has 0 spiro atoms. The van der Waals surface area contributed by atoms with Crippen LogP contribution in [0, 0.1) is 0 Å². The molecular weight excluding hydrogens is 390 g/mol. The monoisotopic (exact) mass is 419 g/mol. The maximum absolute atomic E-state index is 12.9. The summed E-state index contributed by atoms with van der Waals surface area (Å²) in [4.78, 5) is 17.7. The summed E-state index contributed by atoms with van der Waals surface area (Å²) in [5.74, 6) is -0.449. The van der Waals surface area contributed by atoms with Crippen molar-refractivity contribution in [3.8, 4) is 0 Å². The third kappa shape index (κ3) is 5.69. The van der Waals surface area contributed by atoms with Crippen LogP contribution in [-0.4, -0.2) is 37.6 Å². The molecule has 8 heteroatoms. The summed E-state index contributed by atoms with van der Waals surface area (Å²) < 4.78 is 28.4. The lowest BCUT2D eigenvalue weighted by Gasteiger charge is -2.25. The fourth-order valence-corrected chi connectivity index (χ4v) is 3.95. The number of anilines is 2. The highest BCUT2D eigenvalue weighted by Gasteiger charge is 2.21. The second-order valence-corrected chi connectivity index (χ2v) is 8.85. The lowest BCUT2D eigenvalue weighted by atomic mass is 10.0. The Balaban J connectivity index is 2.44. The number of rotatable bonds is 10. The Hall–Kier alpha value is -2.61. The fourth-order valence-electron chi connectivity index (χ4n) is 2.90. The highest BCUT2D eigenvalue weighted by Crippen LogP contribution is 2.28. The molecule has 0 bridgehead atoms. The van der Waals surface area contributed by atoms with Gasteiger partial charge in [0.05, 0.1) is 16.1 Å². The fraction of sp³-hybridized carbons (Fsp3) is 0.429. The number of unbranched alkanes of at least 4 members (excludes halogenated alkanes) is 1. The Bertz CT molecular complexity index is 941. The van der Waals surface area contributed by atoms with Crippen LogP contribution in [0.25, 0.3) is 0 Å². The zero-order chi connectivity index (χ0) is 21.6. The third-order valence-corrected chi connectivity index (χ3v) is 6.06. The highest BCUT2D eigenvalue weighted by atomic mass is 32.2. The molecule has 1 heterocycles. The predicted octanol–water partition coefficient (Wildman–Crippen LogP) is 4.33. The van der Waals surface area contributed by atoms with E-state index in [0.717, 1.165) is 18.4 Å². The number of carboxylic acids is 1. The summed E-state index contributed by atoms with van der Waals surface area (Å²) >= 11 is 0. The number of hydrogen-bond acceptors (Lipinski definition) is 5. The van der Waals surface area contributed by atoms with Gasteiger partial charge in [-0.2, -0.15) is 0 Å². The smallest absolute Gasteiger partial charge is 0.337 e. The Morgan fingerprint density at radius 2 is 1.86 bits per heavy atom. The second kappa shape index (κ2) is 9.73. The molecule has 0 saturated carbocycles. The molecule has 2 N–H and O–H groups in total. The van der Waals surface area contributed by atoms with E-state index >= 15 is 0 Å². The average Bonchev–Trinajstić information content (AvgIpc) is 2.69. The molecule has 158 valence electrons. The van der Waals surface area contributed by atoms with Gasteiger partial charge in [0, 0.05) is 19.3 Å². The van der Waals surface area contributed by atoms with Crippen LogP contribution in [0.15, 0.2) is 41.4 Å². The van der Waals surface area contributed by atoms with Crippen molar-refractivity contribution in [1.82, 2.24) is 4.98 Å². The van der Waals surface area contributed by atoms with Crippen molar-refractivity contribution in [2.75, 3.05) is 22.7 Å². The summed E-state index contributed by atoms with van der Waals surface area (Å²) in [5.41, 5.74) is 1.12. The predicted molar refractivity (Wildman–Crippen MR) is 115 cm³/mol. The van der Waals surface area contributed by atoms with Crippen molar-refractivity contribution in [2.24, 2.45) is 0 Å². The molecule has 1 aromatic carbocycles. The van der Waals surface area contributed by atoms with Gasteiger partial charge in [0.2, 0.25) is 0 Å². The minimum Gasteiger partial charge on any atom is -0.478 e. The molecule has 0 aliphatic heterocycles. The number of nitrogens with zero attached hydrogens (tertiary/aromatic N) is 2. The van der Waals surface area contributed by atoms with Crippen molar-refractivity contribution in [2.45, 2.75) is 51.3 Å². The first-order chi connectivity index (χ1) is 13.7. The number of pyridine rings is 1. The molecule has 0 saturated heterocycles. The van der Waals surface area contributed by atoms with Crippen molar-refractivity contribution < 1.29 is 18.3 Å². The standard InChI is InChI=1S/C21H29N3O4S/c1-5-7-12-24(6-2)20-19(13-17(14-22-20)21(25)26)23-29(27,28)18-10-8-16(9-11-18)15(3)4/h8-11,13-15,23H,5-7,12H2,1-4H3,(H,25,26). The van der Waals surface area contributed by atoms with Gasteiger partial charge in [-0.3, -0.25) is 4.72 Å². The third-order valence-electron chi connectivity index (χ3n) is 4.68. The van der Waals surface area contributed by atoms with E-state index in [1.165, 1.54) is 12.3 Å². The van der Waals surface area contributed by atoms with Crippen LogP contribution in [0.5, 0.6) is 0 Å². The molecule has 0 atom stereocenters. The van der Waals surface area contributed by atoms with Crippen molar-refractivity contribution >= 4 is 27.5 Å². The molecule has 2 aromatic rings. The van der Waals surface area contributed by atoms with Crippen molar-refractivity contribution in [3.05, 3.63) is 47.7 Å². The summed E-state index contributed by atoms with van der Waals surface area (Å²) in [6, 6.07) is 8.00. The van der Waals surface area contributed by atoms with Crippen LogP contribution < -0.4 is 9.62 Å². The number of aromatic carboxylic acids is 1. The molecule has 0 fully saturated rings. The van der Waals surface area contributed by atoms with Gasteiger partial charge in [0.1, 0.15) is 0 Å². The van der Waals surface area contributed by atoms with E-state index < -0.39 is 16.0 Å². The highest BCUT2D eigenvalue weighted by molar-refractivity contribution is 7.92. The van der Waals surface area contributed by atoms with Crippen LogP contribution in [0.3, 0.4) is 0 Å². The molecular formula is C21H29N3O4S. The Kier molecular flexibility index (Phi) is 7.61. The van der Waals surface area contributed by atoms with Crippen LogP contribution in [0.2, 0.25) is 0 Å². The minimum atomic E-state index is -3.89. The molecule has 0 radical (unpaired) electrons. The number of sulfonamides is 1. The van der Waals surface area contributed by atoms with E-state index in [0.29, 0.717) is 24.8 Å². The van der Waals surface area contributed by atoms with Gasteiger partial charge >= 0.3 is 5.97 Å². The number of benzene rings is 1. The van der Waals surface area contributed by atoms with Gasteiger partial charge in [-0.15, -0.1) is 0 Å². The van der Waals surface area contributed by atoms with Gasteiger partial charge in [0.15, 0.2) is 5.82 Å². The number of nitrogens with one attached hydrogen (secondary N) is 1. The quantitative estimate of drug-likeness (QED) is 0.595. The Morgan fingerprint density at radius 3 is 2.38 bits per heavy atom. The first-order valence-corrected chi connectivity index (χ1v) is 11.3. The van der Waals surface area contributed by atoms with Crippen LogP contribution in [-0.2, 0) is 10.0 Å². The topological polar surface area (TPSA) is 99.6 Å². The zero-order valence-corrected chi connectivity index (χ0v) is 18.2. The first-order valence-electron chi connectivity index (χ1n) is 9.80. The maximum Gasteiger partial charge on any atom is 0.337 e. The molecule has 1 aromatic heterocycles. The lowest BCUT2D eigenvalue weighted by Crippen LogP contribution is -2.27. The Labute approximate surface area is 172 Å². The summed E-state index contributed by atoms with van der Waals surface area (Å²) in [6.45, 7) is 9.41. The molecule has 0 unspecified atom stereocenters. The van der Waals surface area contributed by atoms with E-state index in [9.17, 15) is 18.3 Å². The van der Waals surface area contributed by atoms with E-state index in [1.807, 2.05) is 25.7 Å². The first kappa shape index (κ1) is 22.7. The number of carbonyl (C=O) groups is 1. The van der Waals surface area contributed by atoms with E-state index in [4.69, 9.17) is 0 Å². The van der Waals surface area contributed by atoms with Crippen LogP contribution in [0.1, 0.15) is 62.4 Å². The summed E-state index contributed by atoms with van der Waals surface area (Å²) in [5, 5.41) is 9.30. The zero-order valence-electron chi connectivity index (χ0n) is 17.3. The number of hydrogen-bond donors (Lipinski definition) is 2. The molecule has 0 amide bonds. The van der Waals surface area contributed by atoms with Crippen LogP contribution >= 0.6 is 0 Å². The number of carboxylic acid groups (broad SMARTS) is 1. The van der Waals surface area contributed by atoms with Gasteiger partial charge < -0.3 is 10.0 Å². The van der Waals surface area contributed by atoms with E-state index in [1.54, 1.807) is 24.3 Å². The van der Waals surface area contributed by atoms with Gasteiger partial charge in [-0.05, 0) is 43.0 Å². The van der Waals surface area contributed by atoms with Crippen molar-refractivity contribution in [1.29, 1.82) is 0 Å². The van der Waals surface area contributed by atoms with E-state index in [2.05, 4.69) is 16.6 Å². The Morgan fingerprint density at radius 1 is 1.21 bits per heavy atom. The molecule has 29 heavy (non-hydrogen) atoms. The second-order valence-electron chi connectivity index (χ2n) is 7.16. The molecule has 0 aliphatic carbocycles. The SMILES string of the molecule is CCCCN(CC)c1ncc(C(=O)O)cc1NS(=O)(=O)c1ccc(C(C)C)cc1. The largest absolute Gasteiger partial charge is 0.478 e. The summed E-state index contributed by atoms with van der Waals surface area (Å²) in [6.07, 6.45) is 3.15. The van der Waals surface area contributed by atoms with E-state index in [-0.39, 0.29) is 16.1 Å². The lowest BCUT2D eigenvalue weighted by molar-refractivity contribution is 0.0696. The normalized spacial score (nSPS) is 11.5. The molecule has 0 aliphatic rings. The van der Waals surface area contributed by atoms with Crippen molar-refractivity contribution in [3.63, 3.8) is 0 Å².